The molecule has 2 nitrogen and oxygen atoms in total. The molecule has 2 aromatic carbocycles. The number of likely N-dealkylation sites (tertiary alicyclic amines) is 1. The molecule has 1 saturated heterocycles. The van der Waals surface area contributed by atoms with E-state index in [1.807, 2.05) is 0 Å². The SMILES string of the molecule is CCCN(CC1[C@@H]2CN(Cc3ccccc3)C[C@@H]12)C1CCc2ccccc2C1. The average Bonchev–Trinajstić information content (AvgIpc) is 3.17. The Bertz CT molecular complexity index is 774. The second-order valence-electron chi connectivity index (χ2n) is 9.33. The Morgan fingerprint density at radius 1 is 0.929 bits per heavy atom. The zero-order valence-electron chi connectivity index (χ0n) is 17.3. The average molecular weight is 375 g/mol. The largest absolute Gasteiger partial charge is 0.300 e. The first-order chi connectivity index (χ1) is 13.8. The fraction of sp³-hybridized carbons (Fsp3) is 0.538. The van der Waals surface area contributed by atoms with Crippen LogP contribution in [0.1, 0.15) is 36.5 Å². The lowest BCUT2D eigenvalue weighted by atomic mass is 9.87. The number of hydrogen-bond acceptors (Lipinski definition) is 2. The molecule has 5 rings (SSSR count). The van der Waals surface area contributed by atoms with Crippen molar-refractivity contribution in [1.82, 2.24) is 9.80 Å². The number of fused-ring (bicyclic) bond motifs is 2. The monoisotopic (exact) mass is 374 g/mol. The van der Waals surface area contributed by atoms with Gasteiger partial charge in [-0.2, -0.15) is 0 Å². The molecule has 3 aliphatic rings. The molecule has 0 bridgehead atoms. The Morgan fingerprint density at radius 3 is 2.39 bits per heavy atom. The first-order valence-corrected chi connectivity index (χ1v) is 11.4. The van der Waals surface area contributed by atoms with Crippen LogP contribution in [-0.4, -0.2) is 42.0 Å². The van der Waals surface area contributed by atoms with Crippen molar-refractivity contribution in [3.05, 3.63) is 71.3 Å². The van der Waals surface area contributed by atoms with Crippen LogP contribution in [0.5, 0.6) is 0 Å². The van der Waals surface area contributed by atoms with Crippen molar-refractivity contribution in [3.8, 4) is 0 Å². The minimum Gasteiger partial charge on any atom is -0.300 e. The van der Waals surface area contributed by atoms with Crippen molar-refractivity contribution in [3.63, 3.8) is 0 Å². The van der Waals surface area contributed by atoms with Crippen LogP contribution in [0.15, 0.2) is 54.6 Å². The molecule has 148 valence electrons. The summed E-state index contributed by atoms with van der Waals surface area (Å²) >= 11 is 0. The minimum atomic E-state index is 0.761. The zero-order chi connectivity index (χ0) is 18.9. The highest BCUT2D eigenvalue weighted by Gasteiger charge is 2.55. The molecule has 0 N–H and O–H groups in total. The maximum Gasteiger partial charge on any atom is 0.0233 e. The summed E-state index contributed by atoms with van der Waals surface area (Å²) in [5.74, 6) is 2.87. The highest BCUT2D eigenvalue weighted by atomic mass is 15.2. The molecule has 0 spiro atoms. The lowest BCUT2D eigenvalue weighted by molar-refractivity contribution is 0.157. The van der Waals surface area contributed by atoms with Gasteiger partial charge >= 0.3 is 0 Å². The summed E-state index contributed by atoms with van der Waals surface area (Å²) in [5.41, 5.74) is 4.66. The lowest BCUT2D eigenvalue weighted by Gasteiger charge is -2.36. The maximum atomic E-state index is 2.86. The Kier molecular flexibility index (Phi) is 5.26. The molecule has 28 heavy (non-hydrogen) atoms. The third-order valence-corrected chi connectivity index (χ3v) is 7.49. The Balaban J connectivity index is 1.16. The topological polar surface area (TPSA) is 6.48 Å². The van der Waals surface area contributed by atoms with Gasteiger partial charge in [-0.15, -0.1) is 0 Å². The predicted octanol–water partition coefficient (Wildman–Crippen LogP) is 4.63. The van der Waals surface area contributed by atoms with E-state index >= 15 is 0 Å². The molecule has 0 radical (unpaired) electrons. The summed E-state index contributed by atoms with van der Waals surface area (Å²) in [5, 5.41) is 0. The van der Waals surface area contributed by atoms with Crippen molar-refractivity contribution >= 4 is 0 Å². The van der Waals surface area contributed by atoms with Gasteiger partial charge in [0.25, 0.3) is 0 Å². The van der Waals surface area contributed by atoms with Crippen molar-refractivity contribution in [2.75, 3.05) is 26.2 Å². The van der Waals surface area contributed by atoms with Crippen LogP contribution in [0.2, 0.25) is 0 Å². The highest BCUT2D eigenvalue weighted by Crippen LogP contribution is 2.52. The molecule has 3 atom stereocenters. The molecule has 0 aromatic heterocycles. The van der Waals surface area contributed by atoms with E-state index in [9.17, 15) is 0 Å². The van der Waals surface area contributed by atoms with Gasteiger partial charge in [-0.05, 0) is 66.7 Å². The van der Waals surface area contributed by atoms with Gasteiger partial charge in [0.15, 0.2) is 0 Å². The van der Waals surface area contributed by atoms with Gasteiger partial charge in [0, 0.05) is 32.2 Å². The predicted molar refractivity (Wildman–Crippen MR) is 116 cm³/mol. The van der Waals surface area contributed by atoms with E-state index in [-0.39, 0.29) is 0 Å². The summed E-state index contributed by atoms with van der Waals surface area (Å²) in [6.45, 7) is 8.73. The lowest BCUT2D eigenvalue weighted by Crippen LogP contribution is -2.42. The number of rotatable bonds is 7. The normalized spacial score (nSPS) is 28.9. The third-order valence-electron chi connectivity index (χ3n) is 7.49. The van der Waals surface area contributed by atoms with Crippen LogP contribution in [0.25, 0.3) is 0 Å². The third kappa shape index (κ3) is 3.77. The van der Waals surface area contributed by atoms with Crippen LogP contribution in [0.3, 0.4) is 0 Å². The molecule has 2 fully saturated rings. The van der Waals surface area contributed by atoms with Crippen molar-refractivity contribution in [1.29, 1.82) is 0 Å². The van der Waals surface area contributed by atoms with Gasteiger partial charge in [-0.1, -0.05) is 61.5 Å². The highest BCUT2D eigenvalue weighted by molar-refractivity contribution is 5.30. The molecular formula is C26H34N2. The van der Waals surface area contributed by atoms with E-state index in [2.05, 4.69) is 71.3 Å². The summed E-state index contributed by atoms with van der Waals surface area (Å²) in [7, 11) is 0. The molecule has 1 saturated carbocycles. The minimum absolute atomic E-state index is 0.761. The second-order valence-corrected chi connectivity index (χ2v) is 9.33. The maximum absolute atomic E-state index is 2.86. The quantitative estimate of drug-likeness (QED) is 0.697. The first-order valence-electron chi connectivity index (χ1n) is 11.4. The fourth-order valence-corrected chi connectivity index (χ4v) is 5.95. The van der Waals surface area contributed by atoms with Crippen LogP contribution in [0, 0.1) is 17.8 Å². The number of nitrogens with zero attached hydrogens (tertiary/aromatic N) is 2. The van der Waals surface area contributed by atoms with Gasteiger partial charge in [0.05, 0.1) is 0 Å². The van der Waals surface area contributed by atoms with Crippen molar-refractivity contribution in [2.45, 2.75) is 45.2 Å². The van der Waals surface area contributed by atoms with Crippen LogP contribution in [0.4, 0.5) is 0 Å². The van der Waals surface area contributed by atoms with E-state index < -0.39 is 0 Å². The van der Waals surface area contributed by atoms with E-state index in [4.69, 9.17) is 0 Å². The van der Waals surface area contributed by atoms with Gasteiger partial charge in [0.2, 0.25) is 0 Å². The van der Waals surface area contributed by atoms with Crippen LogP contribution in [-0.2, 0) is 19.4 Å². The molecule has 1 aliphatic heterocycles. The number of hydrogen-bond donors (Lipinski definition) is 0. The number of benzene rings is 2. The standard InChI is InChI=1S/C26H34N2/c1-2-14-28(23-13-12-21-10-6-7-11-22(21)15-23)19-26-24-17-27(18-25(24)26)16-20-8-4-3-5-9-20/h3-11,23-26H,2,12-19H2,1H3/t23?,24-,25-/m1/s1. The molecule has 1 heterocycles. The van der Waals surface area contributed by atoms with Gasteiger partial charge < -0.3 is 0 Å². The van der Waals surface area contributed by atoms with Crippen LogP contribution >= 0.6 is 0 Å². The molecule has 2 aliphatic carbocycles. The summed E-state index contributed by atoms with van der Waals surface area (Å²) in [4.78, 5) is 5.54. The van der Waals surface area contributed by atoms with E-state index in [0.29, 0.717) is 0 Å². The van der Waals surface area contributed by atoms with Crippen molar-refractivity contribution < 1.29 is 0 Å². The molecule has 2 heteroatoms. The summed E-state index contributed by atoms with van der Waals surface area (Å²) < 4.78 is 0. The molecule has 2 aromatic rings. The first kappa shape index (κ1) is 18.4. The number of aryl methyl sites for hydroxylation is 1. The zero-order valence-corrected chi connectivity index (χ0v) is 17.3. The molecule has 1 unspecified atom stereocenters. The Labute approximate surface area is 170 Å². The fourth-order valence-electron chi connectivity index (χ4n) is 5.95. The van der Waals surface area contributed by atoms with E-state index in [1.54, 1.807) is 11.1 Å². The molecular weight excluding hydrogens is 340 g/mol. The van der Waals surface area contributed by atoms with Crippen molar-refractivity contribution in [2.24, 2.45) is 17.8 Å². The Hall–Kier alpha value is -1.64. The summed E-state index contributed by atoms with van der Waals surface area (Å²) in [6, 6.07) is 20.9. The second kappa shape index (κ2) is 8.00. The van der Waals surface area contributed by atoms with Crippen LogP contribution < -0.4 is 0 Å². The van der Waals surface area contributed by atoms with E-state index in [0.717, 1.165) is 30.3 Å². The molecule has 0 amide bonds. The van der Waals surface area contributed by atoms with Gasteiger partial charge in [-0.25, -0.2) is 0 Å². The smallest absolute Gasteiger partial charge is 0.0233 e. The van der Waals surface area contributed by atoms with E-state index in [1.165, 1.54) is 57.4 Å². The number of piperidine rings is 1. The summed E-state index contributed by atoms with van der Waals surface area (Å²) in [6.07, 6.45) is 5.15. The van der Waals surface area contributed by atoms with Gasteiger partial charge in [0.1, 0.15) is 0 Å². The Morgan fingerprint density at radius 2 is 1.64 bits per heavy atom. The van der Waals surface area contributed by atoms with Gasteiger partial charge in [-0.3, -0.25) is 9.80 Å².